The molecule has 0 N–H and O–H groups in total. The van der Waals surface area contributed by atoms with Crippen molar-refractivity contribution in [3.05, 3.63) is 30.2 Å². The summed E-state index contributed by atoms with van der Waals surface area (Å²) in [5.74, 6) is 0. The molecule has 0 radical (unpaired) electrons. The zero-order valence-electron chi connectivity index (χ0n) is 5.27. The van der Waals surface area contributed by atoms with Gasteiger partial charge < -0.3 is 0 Å². The van der Waals surface area contributed by atoms with Gasteiger partial charge in [0.2, 0.25) is 0 Å². The Bertz CT molecular complexity index is 281. The minimum atomic E-state index is -0.00167. The van der Waals surface area contributed by atoms with Crippen LogP contribution in [0.15, 0.2) is 30.2 Å². The molecule has 0 aliphatic heterocycles. The van der Waals surface area contributed by atoms with E-state index in [1.165, 1.54) is 0 Å². The maximum Gasteiger partial charge on any atom is 0.116 e. The highest BCUT2D eigenvalue weighted by Gasteiger charge is 2.31. The summed E-state index contributed by atoms with van der Waals surface area (Å²) >= 11 is 33.3. The van der Waals surface area contributed by atoms with Gasteiger partial charge in [-0.2, -0.15) is 0 Å². The fourth-order valence-electron chi connectivity index (χ4n) is 0.731. The molecule has 0 atom stereocenters. The SMILES string of the molecule is ClC(Cl)=C1C(Cl)=C(Cl)C1=C(Cl)Cl. The van der Waals surface area contributed by atoms with Crippen molar-refractivity contribution in [1.29, 1.82) is 0 Å². The third-order valence-corrected chi connectivity index (χ3v) is 2.87. The average molecular weight is 285 g/mol. The molecule has 0 aromatic heterocycles. The first-order chi connectivity index (χ1) is 5.46. The molecule has 0 saturated carbocycles. The maximum atomic E-state index is 5.67. The van der Waals surface area contributed by atoms with Gasteiger partial charge in [0.25, 0.3) is 0 Å². The predicted molar refractivity (Wildman–Crippen MR) is 56.2 cm³/mol. The molecule has 0 heterocycles. The molecule has 6 heteroatoms. The number of rotatable bonds is 0. The van der Waals surface area contributed by atoms with Crippen LogP contribution in [-0.4, -0.2) is 0 Å². The van der Waals surface area contributed by atoms with E-state index < -0.39 is 0 Å². The topological polar surface area (TPSA) is 0 Å². The minimum Gasteiger partial charge on any atom is -0.0819 e. The first-order valence-electron chi connectivity index (χ1n) is 2.63. The second-order valence-electron chi connectivity index (χ2n) is 1.90. The van der Waals surface area contributed by atoms with Crippen LogP contribution in [0.1, 0.15) is 0 Å². The van der Waals surface area contributed by atoms with Crippen molar-refractivity contribution in [2.24, 2.45) is 0 Å². The molecule has 1 rings (SSSR count). The van der Waals surface area contributed by atoms with Gasteiger partial charge in [0.05, 0.1) is 10.1 Å². The van der Waals surface area contributed by atoms with Crippen LogP contribution in [-0.2, 0) is 0 Å². The van der Waals surface area contributed by atoms with E-state index in [9.17, 15) is 0 Å². The second kappa shape index (κ2) is 4.00. The summed E-state index contributed by atoms with van der Waals surface area (Å²) in [5, 5.41) is 0.566. The summed E-state index contributed by atoms with van der Waals surface area (Å²) in [4.78, 5) is 0. The van der Waals surface area contributed by atoms with Gasteiger partial charge >= 0.3 is 0 Å². The van der Waals surface area contributed by atoms with E-state index in [4.69, 9.17) is 69.6 Å². The maximum absolute atomic E-state index is 5.67. The number of allylic oxidation sites excluding steroid dienone is 4. The third kappa shape index (κ3) is 1.75. The van der Waals surface area contributed by atoms with Gasteiger partial charge in [0, 0.05) is 11.1 Å². The molecule has 0 aromatic rings. The van der Waals surface area contributed by atoms with Crippen LogP contribution in [0.2, 0.25) is 0 Å². The first-order valence-corrected chi connectivity index (χ1v) is 4.90. The van der Waals surface area contributed by atoms with Crippen LogP contribution < -0.4 is 0 Å². The average Bonchev–Trinajstić information content (AvgIpc) is 1.96. The number of hydrogen-bond acceptors (Lipinski definition) is 0. The lowest BCUT2D eigenvalue weighted by atomic mass is 9.98. The molecular formula is C6Cl6. The number of hydrogen-bond donors (Lipinski definition) is 0. The highest BCUT2D eigenvalue weighted by Crippen LogP contribution is 2.50. The van der Waals surface area contributed by atoms with Crippen molar-refractivity contribution in [3.8, 4) is 0 Å². The molecule has 0 amide bonds. The summed E-state index contributed by atoms with van der Waals surface area (Å²) in [6.45, 7) is 0. The van der Waals surface area contributed by atoms with Gasteiger partial charge in [-0.1, -0.05) is 69.6 Å². The van der Waals surface area contributed by atoms with Crippen molar-refractivity contribution in [1.82, 2.24) is 0 Å². The summed E-state index contributed by atoms with van der Waals surface area (Å²) in [6.07, 6.45) is 0. The monoisotopic (exact) mass is 282 g/mol. The molecule has 0 aromatic carbocycles. The molecule has 0 nitrogen and oxygen atoms in total. The zero-order valence-corrected chi connectivity index (χ0v) is 9.80. The largest absolute Gasteiger partial charge is 0.116 e. The summed E-state index contributed by atoms with van der Waals surface area (Å²) in [5.41, 5.74) is 0.787. The zero-order chi connectivity index (χ0) is 9.46. The molecule has 0 fully saturated rings. The first kappa shape index (κ1) is 11.0. The van der Waals surface area contributed by atoms with E-state index in [0.29, 0.717) is 11.1 Å². The Morgan fingerprint density at radius 2 is 0.917 bits per heavy atom. The molecule has 0 unspecified atom stereocenters. The van der Waals surface area contributed by atoms with E-state index in [-0.39, 0.29) is 19.0 Å². The fourth-order valence-corrected chi connectivity index (χ4v) is 2.25. The molecular weight excluding hydrogens is 285 g/mol. The van der Waals surface area contributed by atoms with Crippen molar-refractivity contribution in [3.63, 3.8) is 0 Å². The Hall–Kier alpha value is 0.960. The normalized spacial score (nSPS) is 16.5. The highest BCUT2D eigenvalue weighted by atomic mass is 35.5. The van der Waals surface area contributed by atoms with Gasteiger partial charge in [-0.3, -0.25) is 0 Å². The van der Waals surface area contributed by atoms with E-state index in [0.717, 1.165) is 0 Å². The van der Waals surface area contributed by atoms with Crippen molar-refractivity contribution in [2.75, 3.05) is 0 Å². The molecule has 1 aliphatic rings. The number of halogens is 6. The van der Waals surface area contributed by atoms with Gasteiger partial charge in [-0.25, -0.2) is 0 Å². The Balaban J connectivity index is 3.31. The van der Waals surface area contributed by atoms with E-state index in [2.05, 4.69) is 0 Å². The molecule has 0 bridgehead atoms. The Morgan fingerprint density at radius 3 is 1.08 bits per heavy atom. The van der Waals surface area contributed by atoms with E-state index in [1.807, 2.05) is 0 Å². The Morgan fingerprint density at radius 1 is 0.667 bits per heavy atom. The van der Waals surface area contributed by atoms with Crippen molar-refractivity contribution in [2.45, 2.75) is 0 Å². The van der Waals surface area contributed by atoms with Crippen LogP contribution in [0.4, 0.5) is 0 Å². The molecule has 0 spiro atoms. The van der Waals surface area contributed by atoms with Crippen LogP contribution >= 0.6 is 69.6 Å². The van der Waals surface area contributed by atoms with E-state index >= 15 is 0 Å². The summed E-state index contributed by atoms with van der Waals surface area (Å²) in [6, 6.07) is 0. The van der Waals surface area contributed by atoms with Crippen molar-refractivity contribution >= 4 is 69.6 Å². The molecule has 0 saturated heterocycles. The standard InChI is InChI=1S/C6Cl6/c7-3-1(5(9)10)2(4(3)8)6(11)12. The molecule has 1 aliphatic carbocycles. The van der Waals surface area contributed by atoms with Gasteiger partial charge in [-0.15, -0.1) is 0 Å². The quantitative estimate of drug-likeness (QED) is 0.583. The lowest BCUT2D eigenvalue weighted by molar-refractivity contribution is 1.38. The molecule has 66 valence electrons. The molecule has 12 heavy (non-hydrogen) atoms. The van der Waals surface area contributed by atoms with Crippen LogP contribution in [0, 0.1) is 0 Å². The lowest BCUT2D eigenvalue weighted by Crippen LogP contribution is -2.06. The van der Waals surface area contributed by atoms with E-state index in [1.54, 1.807) is 0 Å². The Kier molecular flexibility index (Phi) is 3.68. The lowest BCUT2D eigenvalue weighted by Gasteiger charge is -2.22. The third-order valence-electron chi connectivity index (χ3n) is 1.26. The van der Waals surface area contributed by atoms with Crippen LogP contribution in [0.5, 0.6) is 0 Å². The summed E-state index contributed by atoms with van der Waals surface area (Å²) < 4.78 is -0.00333. The summed E-state index contributed by atoms with van der Waals surface area (Å²) in [7, 11) is 0. The van der Waals surface area contributed by atoms with Crippen LogP contribution in [0.25, 0.3) is 0 Å². The van der Waals surface area contributed by atoms with Crippen LogP contribution in [0.3, 0.4) is 0 Å². The highest BCUT2D eigenvalue weighted by molar-refractivity contribution is 6.61. The van der Waals surface area contributed by atoms with Gasteiger partial charge in [0.15, 0.2) is 0 Å². The van der Waals surface area contributed by atoms with Gasteiger partial charge in [0.1, 0.15) is 8.98 Å². The predicted octanol–water partition coefficient (Wildman–Crippen LogP) is 5.07. The van der Waals surface area contributed by atoms with Crippen molar-refractivity contribution < 1.29 is 0 Å². The second-order valence-corrected chi connectivity index (χ2v) is 4.55. The minimum absolute atomic E-state index is 0.00167. The Labute approximate surface area is 99.3 Å². The smallest absolute Gasteiger partial charge is 0.0819 e. The van der Waals surface area contributed by atoms with Gasteiger partial charge in [-0.05, 0) is 0 Å². The fraction of sp³-hybridized carbons (Fsp3) is 0.